The fourth-order valence-electron chi connectivity index (χ4n) is 2.58. The zero-order valence-corrected chi connectivity index (χ0v) is 13.7. The SMILES string of the molecule is C[C@H](CO)S[C@H]1CCCN(Cc2cccc(C(F)(F)F)c2)C1=O. The Kier molecular flexibility index (Phi) is 5.97. The number of benzene rings is 1. The van der Waals surface area contributed by atoms with Gasteiger partial charge in [-0.3, -0.25) is 4.79 Å². The molecule has 128 valence electrons. The number of hydrogen-bond donors (Lipinski definition) is 1. The molecule has 2 rings (SSSR count). The molecule has 23 heavy (non-hydrogen) atoms. The topological polar surface area (TPSA) is 40.5 Å². The molecule has 0 spiro atoms. The van der Waals surface area contributed by atoms with Crippen molar-refractivity contribution in [3.63, 3.8) is 0 Å². The Morgan fingerprint density at radius 2 is 2.17 bits per heavy atom. The second kappa shape index (κ2) is 7.57. The largest absolute Gasteiger partial charge is 0.416 e. The van der Waals surface area contributed by atoms with Crippen LogP contribution in [0.5, 0.6) is 0 Å². The Balaban J connectivity index is 2.06. The number of piperidine rings is 1. The maximum atomic E-state index is 12.8. The summed E-state index contributed by atoms with van der Waals surface area (Å²) in [7, 11) is 0. The van der Waals surface area contributed by atoms with Crippen molar-refractivity contribution in [2.45, 2.75) is 43.0 Å². The normalized spacial score (nSPS) is 20.7. The van der Waals surface area contributed by atoms with Crippen molar-refractivity contribution in [2.75, 3.05) is 13.2 Å². The number of hydrogen-bond acceptors (Lipinski definition) is 3. The van der Waals surface area contributed by atoms with Gasteiger partial charge < -0.3 is 10.0 Å². The van der Waals surface area contributed by atoms with Crippen LogP contribution in [-0.4, -0.2) is 39.6 Å². The van der Waals surface area contributed by atoms with Crippen LogP contribution in [0.25, 0.3) is 0 Å². The molecular weight excluding hydrogens is 327 g/mol. The van der Waals surface area contributed by atoms with Gasteiger partial charge in [-0.05, 0) is 30.5 Å². The first-order chi connectivity index (χ1) is 10.8. The van der Waals surface area contributed by atoms with Crippen molar-refractivity contribution in [3.8, 4) is 0 Å². The molecule has 1 saturated heterocycles. The minimum absolute atomic E-state index is 0.00206. The molecule has 2 atom stereocenters. The number of likely N-dealkylation sites (tertiary alicyclic amines) is 1. The summed E-state index contributed by atoms with van der Waals surface area (Å²) in [4.78, 5) is 14.1. The standard InChI is InChI=1S/C16H20F3NO2S/c1-11(10-21)23-14-6-3-7-20(15(14)22)9-12-4-2-5-13(8-12)16(17,18)19/h2,4-5,8,11,14,21H,3,6-7,9-10H2,1H3/t11-,14+/m1/s1. The molecule has 1 heterocycles. The lowest BCUT2D eigenvalue weighted by Gasteiger charge is -2.33. The van der Waals surface area contributed by atoms with Gasteiger partial charge in [0.2, 0.25) is 5.91 Å². The Morgan fingerprint density at radius 3 is 2.83 bits per heavy atom. The number of halogens is 3. The van der Waals surface area contributed by atoms with Crippen LogP contribution in [-0.2, 0) is 17.5 Å². The summed E-state index contributed by atoms with van der Waals surface area (Å²) < 4.78 is 38.3. The lowest BCUT2D eigenvalue weighted by Crippen LogP contribution is -2.43. The first kappa shape index (κ1) is 18.1. The van der Waals surface area contributed by atoms with E-state index in [1.54, 1.807) is 11.0 Å². The molecule has 0 aromatic heterocycles. The van der Waals surface area contributed by atoms with Gasteiger partial charge >= 0.3 is 6.18 Å². The van der Waals surface area contributed by atoms with E-state index in [1.165, 1.54) is 17.8 Å². The third-order valence-electron chi connectivity index (χ3n) is 3.76. The summed E-state index contributed by atoms with van der Waals surface area (Å²) in [5.41, 5.74) is -0.215. The van der Waals surface area contributed by atoms with Crippen LogP contribution in [0.1, 0.15) is 30.9 Å². The van der Waals surface area contributed by atoms with Crippen molar-refractivity contribution in [3.05, 3.63) is 35.4 Å². The van der Waals surface area contributed by atoms with E-state index < -0.39 is 11.7 Å². The van der Waals surface area contributed by atoms with Gasteiger partial charge in [-0.2, -0.15) is 13.2 Å². The molecule has 0 saturated carbocycles. The molecule has 7 heteroatoms. The van der Waals surface area contributed by atoms with E-state index in [2.05, 4.69) is 0 Å². The molecule has 0 aliphatic carbocycles. The second-order valence-corrected chi connectivity index (χ2v) is 7.36. The summed E-state index contributed by atoms with van der Waals surface area (Å²) in [6, 6.07) is 5.10. The van der Waals surface area contributed by atoms with Crippen LogP contribution in [0.2, 0.25) is 0 Å². The van der Waals surface area contributed by atoms with E-state index in [0.717, 1.165) is 25.0 Å². The van der Waals surface area contributed by atoms with E-state index in [4.69, 9.17) is 5.11 Å². The highest BCUT2D eigenvalue weighted by Crippen LogP contribution is 2.31. The number of amides is 1. The smallest absolute Gasteiger partial charge is 0.395 e. The zero-order valence-electron chi connectivity index (χ0n) is 12.8. The first-order valence-electron chi connectivity index (χ1n) is 7.52. The first-order valence-corrected chi connectivity index (χ1v) is 8.47. The molecule has 0 bridgehead atoms. The Bertz CT molecular complexity index is 550. The average Bonchev–Trinajstić information content (AvgIpc) is 2.50. The lowest BCUT2D eigenvalue weighted by atomic mass is 10.1. The summed E-state index contributed by atoms with van der Waals surface area (Å²) in [5.74, 6) is -0.0565. The molecule has 1 aliphatic rings. The number of carbonyl (C=O) groups is 1. The molecule has 0 unspecified atom stereocenters. The van der Waals surface area contributed by atoms with E-state index >= 15 is 0 Å². The van der Waals surface area contributed by atoms with E-state index in [-0.39, 0.29) is 29.6 Å². The Hall–Kier alpha value is -1.21. The number of nitrogens with zero attached hydrogens (tertiary/aromatic N) is 1. The van der Waals surface area contributed by atoms with Gasteiger partial charge in [-0.1, -0.05) is 19.1 Å². The molecule has 1 fully saturated rings. The van der Waals surface area contributed by atoms with Gasteiger partial charge in [0.15, 0.2) is 0 Å². The van der Waals surface area contributed by atoms with E-state index in [0.29, 0.717) is 12.1 Å². The molecule has 0 radical (unpaired) electrons. The monoisotopic (exact) mass is 347 g/mol. The van der Waals surface area contributed by atoms with E-state index in [9.17, 15) is 18.0 Å². The molecule has 1 amide bonds. The fraction of sp³-hybridized carbons (Fsp3) is 0.562. The van der Waals surface area contributed by atoms with Crippen LogP contribution in [0.15, 0.2) is 24.3 Å². The molecule has 1 aromatic rings. The van der Waals surface area contributed by atoms with E-state index in [1.807, 2.05) is 6.92 Å². The zero-order chi connectivity index (χ0) is 17.0. The van der Waals surface area contributed by atoms with Gasteiger partial charge in [-0.15, -0.1) is 11.8 Å². The number of rotatable bonds is 5. The quantitative estimate of drug-likeness (QED) is 0.888. The molecule has 1 aromatic carbocycles. The molecule has 1 aliphatic heterocycles. The van der Waals surface area contributed by atoms with Gasteiger partial charge in [-0.25, -0.2) is 0 Å². The molecule has 3 nitrogen and oxygen atoms in total. The predicted octanol–water partition coefficient (Wildman–Crippen LogP) is 3.31. The third-order valence-corrected chi connectivity index (χ3v) is 5.14. The fourth-order valence-corrected chi connectivity index (χ4v) is 3.79. The summed E-state index contributed by atoms with van der Waals surface area (Å²) in [5, 5.41) is 8.85. The Morgan fingerprint density at radius 1 is 1.43 bits per heavy atom. The number of alkyl halides is 3. The van der Waals surface area contributed by atoms with Gasteiger partial charge in [0.1, 0.15) is 0 Å². The van der Waals surface area contributed by atoms with Crippen LogP contribution < -0.4 is 0 Å². The summed E-state index contributed by atoms with van der Waals surface area (Å²) >= 11 is 1.43. The van der Waals surface area contributed by atoms with Crippen LogP contribution >= 0.6 is 11.8 Å². The molecule has 1 N–H and O–H groups in total. The lowest BCUT2D eigenvalue weighted by molar-refractivity contribution is -0.137. The van der Waals surface area contributed by atoms with Crippen LogP contribution in [0.4, 0.5) is 13.2 Å². The summed E-state index contributed by atoms with van der Waals surface area (Å²) in [6.45, 7) is 2.60. The Labute approximate surface area is 137 Å². The number of aliphatic hydroxyl groups excluding tert-OH is 1. The highest BCUT2D eigenvalue weighted by molar-refractivity contribution is 8.01. The van der Waals surface area contributed by atoms with Crippen LogP contribution in [0, 0.1) is 0 Å². The van der Waals surface area contributed by atoms with Crippen molar-refractivity contribution >= 4 is 17.7 Å². The van der Waals surface area contributed by atoms with Crippen LogP contribution in [0.3, 0.4) is 0 Å². The van der Waals surface area contributed by atoms with Gasteiger partial charge in [0.05, 0.1) is 17.4 Å². The maximum Gasteiger partial charge on any atom is 0.416 e. The van der Waals surface area contributed by atoms with Crippen molar-refractivity contribution in [1.29, 1.82) is 0 Å². The maximum absolute atomic E-state index is 12.8. The van der Waals surface area contributed by atoms with Crippen molar-refractivity contribution in [2.24, 2.45) is 0 Å². The van der Waals surface area contributed by atoms with Crippen molar-refractivity contribution < 1.29 is 23.1 Å². The minimum atomic E-state index is -4.38. The van der Waals surface area contributed by atoms with Crippen molar-refractivity contribution in [1.82, 2.24) is 4.90 Å². The molecular formula is C16H20F3NO2S. The van der Waals surface area contributed by atoms with Gasteiger partial charge in [0, 0.05) is 18.3 Å². The highest BCUT2D eigenvalue weighted by Gasteiger charge is 2.32. The highest BCUT2D eigenvalue weighted by atomic mass is 32.2. The number of aliphatic hydroxyl groups is 1. The third kappa shape index (κ3) is 4.88. The second-order valence-electron chi connectivity index (χ2n) is 5.72. The minimum Gasteiger partial charge on any atom is -0.395 e. The predicted molar refractivity (Wildman–Crippen MR) is 84.0 cm³/mol. The summed E-state index contributed by atoms with van der Waals surface area (Å²) in [6.07, 6.45) is -2.82. The average molecular weight is 347 g/mol. The number of thioether (sulfide) groups is 1. The number of carbonyl (C=O) groups excluding carboxylic acids is 1. The van der Waals surface area contributed by atoms with Gasteiger partial charge in [0.25, 0.3) is 0 Å².